The SMILES string of the molecule is C[C@H]1C(=O)Nc2ccc(C(=O)COC(=O)[C@H](C)N3C(=O)[C@H]4CCCC[C@H]4C3=O)cc21. The van der Waals surface area contributed by atoms with Crippen LogP contribution in [0, 0.1) is 11.8 Å². The van der Waals surface area contributed by atoms with Crippen LogP contribution in [0.2, 0.25) is 0 Å². The fourth-order valence-corrected chi connectivity index (χ4v) is 4.61. The van der Waals surface area contributed by atoms with Gasteiger partial charge in [-0.1, -0.05) is 12.8 Å². The molecule has 1 aromatic carbocycles. The van der Waals surface area contributed by atoms with Gasteiger partial charge in [-0.3, -0.25) is 24.1 Å². The topological polar surface area (TPSA) is 110 Å². The number of carbonyl (C=O) groups is 5. The van der Waals surface area contributed by atoms with E-state index in [0.717, 1.165) is 23.3 Å². The standard InChI is InChI=1S/C22H24N2O6/c1-11-16-9-13(7-8-17(16)23-19(11)26)18(25)10-30-22(29)12(2)24-20(27)14-5-3-4-6-15(14)21(24)28/h7-9,11-12,14-15H,3-6,10H2,1-2H3,(H,23,26)/t11-,12+,14-,15+/m1/s1. The fourth-order valence-electron chi connectivity index (χ4n) is 4.61. The lowest BCUT2D eigenvalue weighted by molar-refractivity contribution is -0.157. The molecule has 0 radical (unpaired) electrons. The number of ketones is 1. The van der Waals surface area contributed by atoms with Crippen LogP contribution in [-0.2, 0) is 23.9 Å². The second-order valence-electron chi connectivity index (χ2n) is 8.26. The maximum atomic E-state index is 12.6. The zero-order chi connectivity index (χ0) is 21.6. The van der Waals surface area contributed by atoms with E-state index in [1.165, 1.54) is 6.92 Å². The van der Waals surface area contributed by atoms with Gasteiger partial charge < -0.3 is 10.1 Å². The van der Waals surface area contributed by atoms with Crippen molar-refractivity contribution < 1.29 is 28.7 Å². The Morgan fingerprint density at radius 1 is 1.13 bits per heavy atom. The number of nitrogens with zero attached hydrogens (tertiary/aromatic N) is 1. The largest absolute Gasteiger partial charge is 0.456 e. The Morgan fingerprint density at radius 2 is 1.77 bits per heavy atom. The number of fused-ring (bicyclic) bond motifs is 2. The zero-order valence-electron chi connectivity index (χ0n) is 17.0. The van der Waals surface area contributed by atoms with Gasteiger partial charge in [-0.15, -0.1) is 0 Å². The Bertz CT molecular complexity index is 931. The molecule has 1 N–H and O–H groups in total. The molecule has 0 spiro atoms. The van der Waals surface area contributed by atoms with Crippen LogP contribution >= 0.6 is 0 Å². The Balaban J connectivity index is 1.39. The lowest BCUT2D eigenvalue weighted by Crippen LogP contribution is -2.44. The third-order valence-electron chi connectivity index (χ3n) is 6.44. The molecule has 0 aromatic heterocycles. The number of carbonyl (C=O) groups excluding carboxylic acids is 5. The number of imide groups is 1. The molecule has 1 aromatic rings. The van der Waals surface area contributed by atoms with Crippen molar-refractivity contribution in [3.8, 4) is 0 Å². The summed E-state index contributed by atoms with van der Waals surface area (Å²) in [4.78, 5) is 63.0. The number of benzene rings is 1. The summed E-state index contributed by atoms with van der Waals surface area (Å²) in [6.45, 7) is 2.70. The first-order valence-electron chi connectivity index (χ1n) is 10.3. The van der Waals surface area contributed by atoms with Crippen molar-refractivity contribution in [1.29, 1.82) is 0 Å². The van der Waals surface area contributed by atoms with Crippen molar-refractivity contribution >= 4 is 35.2 Å². The molecule has 2 heterocycles. The van der Waals surface area contributed by atoms with E-state index in [0.29, 0.717) is 24.1 Å². The number of Topliss-reactive ketones (excluding diaryl/α,β-unsaturated/α-hetero) is 1. The predicted octanol–water partition coefficient (Wildman–Crippen LogP) is 2.03. The number of hydrogen-bond donors (Lipinski definition) is 1. The second kappa shape index (κ2) is 7.66. The number of anilines is 1. The molecular formula is C22H24N2O6. The van der Waals surface area contributed by atoms with Crippen molar-refractivity contribution in [2.75, 3.05) is 11.9 Å². The summed E-state index contributed by atoms with van der Waals surface area (Å²) in [6.07, 6.45) is 3.14. The zero-order valence-corrected chi connectivity index (χ0v) is 17.0. The minimum atomic E-state index is -1.06. The lowest BCUT2D eigenvalue weighted by atomic mass is 9.81. The third-order valence-corrected chi connectivity index (χ3v) is 6.44. The van der Waals surface area contributed by atoms with Gasteiger partial charge in [0.1, 0.15) is 6.04 Å². The number of ether oxygens (including phenoxy) is 1. The molecule has 8 nitrogen and oxygen atoms in total. The quantitative estimate of drug-likeness (QED) is 0.450. The summed E-state index contributed by atoms with van der Waals surface area (Å²) in [5.74, 6) is -3.00. The molecular weight excluding hydrogens is 388 g/mol. The van der Waals surface area contributed by atoms with Crippen LogP contribution in [-0.4, -0.2) is 47.0 Å². The van der Waals surface area contributed by atoms with Gasteiger partial charge in [-0.05, 0) is 50.5 Å². The first kappa shape index (κ1) is 20.3. The van der Waals surface area contributed by atoms with Gasteiger partial charge in [-0.2, -0.15) is 0 Å². The molecule has 1 saturated heterocycles. The summed E-state index contributed by atoms with van der Waals surface area (Å²) in [5, 5.41) is 2.73. The van der Waals surface area contributed by atoms with Gasteiger partial charge in [0.25, 0.3) is 0 Å². The Morgan fingerprint density at radius 3 is 2.40 bits per heavy atom. The molecule has 4 atom stereocenters. The van der Waals surface area contributed by atoms with E-state index in [4.69, 9.17) is 4.74 Å². The average molecular weight is 412 g/mol. The number of nitrogens with one attached hydrogen (secondary N) is 1. The Labute approximate surface area is 173 Å². The van der Waals surface area contributed by atoms with Crippen LogP contribution in [0.4, 0.5) is 5.69 Å². The van der Waals surface area contributed by atoms with Gasteiger partial charge in [0.15, 0.2) is 12.4 Å². The predicted molar refractivity (Wildman–Crippen MR) is 106 cm³/mol. The molecule has 158 valence electrons. The summed E-state index contributed by atoms with van der Waals surface area (Å²) in [7, 11) is 0. The molecule has 3 amide bonds. The van der Waals surface area contributed by atoms with E-state index < -0.39 is 24.4 Å². The Hall–Kier alpha value is -3.03. The van der Waals surface area contributed by atoms with Gasteiger partial charge in [0, 0.05) is 11.3 Å². The molecule has 8 heteroatoms. The molecule has 0 bridgehead atoms. The van der Waals surface area contributed by atoms with Crippen molar-refractivity contribution in [3.05, 3.63) is 29.3 Å². The minimum Gasteiger partial charge on any atom is -0.456 e. The highest BCUT2D eigenvalue weighted by Crippen LogP contribution is 2.39. The molecule has 2 fully saturated rings. The normalized spacial score (nSPS) is 26.1. The van der Waals surface area contributed by atoms with E-state index in [1.807, 2.05) is 0 Å². The van der Waals surface area contributed by atoms with Crippen molar-refractivity contribution in [3.63, 3.8) is 0 Å². The molecule has 1 aliphatic carbocycles. The third kappa shape index (κ3) is 3.30. The van der Waals surface area contributed by atoms with E-state index in [9.17, 15) is 24.0 Å². The van der Waals surface area contributed by atoms with Crippen LogP contribution in [0.1, 0.15) is 61.4 Å². The van der Waals surface area contributed by atoms with Gasteiger partial charge in [0.05, 0.1) is 17.8 Å². The lowest BCUT2D eigenvalue weighted by Gasteiger charge is -2.21. The molecule has 2 aliphatic heterocycles. The van der Waals surface area contributed by atoms with Crippen molar-refractivity contribution in [2.24, 2.45) is 11.8 Å². The first-order valence-corrected chi connectivity index (χ1v) is 10.3. The van der Waals surface area contributed by atoms with E-state index >= 15 is 0 Å². The van der Waals surface area contributed by atoms with Crippen LogP contribution in [0.3, 0.4) is 0 Å². The molecule has 0 unspecified atom stereocenters. The smallest absolute Gasteiger partial charge is 0.329 e. The van der Waals surface area contributed by atoms with Gasteiger partial charge >= 0.3 is 5.97 Å². The molecule has 1 saturated carbocycles. The summed E-state index contributed by atoms with van der Waals surface area (Å²) in [5.41, 5.74) is 1.72. The molecule has 4 rings (SSSR count). The van der Waals surface area contributed by atoms with Gasteiger partial charge in [0.2, 0.25) is 17.7 Å². The number of esters is 1. The van der Waals surface area contributed by atoms with Crippen molar-refractivity contribution in [2.45, 2.75) is 51.5 Å². The average Bonchev–Trinajstić information content (AvgIpc) is 3.18. The summed E-state index contributed by atoms with van der Waals surface area (Å²) >= 11 is 0. The van der Waals surface area contributed by atoms with Crippen LogP contribution in [0.5, 0.6) is 0 Å². The van der Waals surface area contributed by atoms with E-state index in [1.54, 1.807) is 25.1 Å². The van der Waals surface area contributed by atoms with Crippen molar-refractivity contribution in [1.82, 2.24) is 4.90 Å². The van der Waals surface area contributed by atoms with E-state index in [2.05, 4.69) is 5.32 Å². The highest BCUT2D eigenvalue weighted by Gasteiger charge is 2.51. The number of amides is 3. The molecule has 30 heavy (non-hydrogen) atoms. The number of likely N-dealkylation sites (tertiary alicyclic amines) is 1. The highest BCUT2D eigenvalue weighted by molar-refractivity contribution is 6.08. The van der Waals surface area contributed by atoms with Crippen LogP contribution in [0.15, 0.2) is 18.2 Å². The number of rotatable bonds is 5. The van der Waals surface area contributed by atoms with Gasteiger partial charge in [-0.25, -0.2) is 4.79 Å². The number of hydrogen-bond acceptors (Lipinski definition) is 6. The monoisotopic (exact) mass is 412 g/mol. The van der Waals surface area contributed by atoms with Crippen LogP contribution < -0.4 is 5.32 Å². The maximum Gasteiger partial charge on any atom is 0.329 e. The summed E-state index contributed by atoms with van der Waals surface area (Å²) < 4.78 is 5.13. The second-order valence-corrected chi connectivity index (χ2v) is 8.26. The summed E-state index contributed by atoms with van der Waals surface area (Å²) in [6, 6.07) is 3.77. The maximum absolute atomic E-state index is 12.6. The Kier molecular flexibility index (Phi) is 5.17. The highest BCUT2D eigenvalue weighted by atomic mass is 16.5. The minimum absolute atomic E-state index is 0.129. The molecule has 3 aliphatic rings. The fraction of sp³-hybridized carbons (Fsp3) is 0.500. The first-order chi connectivity index (χ1) is 14.3. The van der Waals surface area contributed by atoms with E-state index in [-0.39, 0.29) is 35.5 Å². The van der Waals surface area contributed by atoms with Crippen LogP contribution in [0.25, 0.3) is 0 Å².